The largest absolute Gasteiger partial charge is 0.360 e. The van der Waals surface area contributed by atoms with Crippen LogP contribution < -0.4 is 10.9 Å². The molecule has 0 bridgehead atoms. The van der Waals surface area contributed by atoms with Crippen LogP contribution in [0.1, 0.15) is 31.2 Å². The van der Waals surface area contributed by atoms with Gasteiger partial charge in [-0.25, -0.2) is 0 Å². The quantitative estimate of drug-likeness (QED) is 0.672. The van der Waals surface area contributed by atoms with Crippen LogP contribution in [0, 0.1) is 6.92 Å². The summed E-state index contributed by atoms with van der Waals surface area (Å²) in [5, 5.41) is 14.9. The Morgan fingerprint density at radius 2 is 2.21 bits per heavy atom. The molecular weight excluding hydrogens is 332 g/mol. The third-order valence-electron chi connectivity index (χ3n) is 3.22. The van der Waals surface area contributed by atoms with Crippen molar-refractivity contribution < 1.29 is 9.32 Å². The van der Waals surface area contributed by atoms with E-state index in [0.717, 1.165) is 5.69 Å². The minimum atomic E-state index is -0.236. The van der Waals surface area contributed by atoms with Gasteiger partial charge in [-0.15, -0.1) is 10.2 Å². The molecule has 3 aromatic rings. The molecule has 0 aliphatic heterocycles. The van der Waals surface area contributed by atoms with Crippen molar-refractivity contribution in [2.24, 2.45) is 0 Å². The van der Waals surface area contributed by atoms with Crippen LogP contribution in [-0.4, -0.2) is 36.4 Å². The highest BCUT2D eigenvalue weighted by atomic mass is 32.2. The Morgan fingerprint density at radius 1 is 1.42 bits per heavy atom. The smallest absolute Gasteiger partial charge is 0.252 e. The van der Waals surface area contributed by atoms with E-state index >= 15 is 0 Å². The lowest BCUT2D eigenvalue weighted by Gasteiger charge is -2.09. The summed E-state index contributed by atoms with van der Waals surface area (Å²) in [6.45, 7) is 5.69. The fraction of sp³-hybridized carbons (Fsp3) is 0.357. The van der Waals surface area contributed by atoms with Crippen LogP contribution in [0.5, 0.6) is 0 Å². The molecule has 126 valence electrons. The minimum Gasteiger partial charge on any atom is -0.360 e. The molecule has 24 heavy (non-hydrogen) atoms. The molecule has 0 spiro atoms. The molecule has 3 heterocycles. The van der Waals surface area contributed by atoms with E-state index in [1.165, 1.54) is 17.8 Å². The maximum absolute atomic E-state index is 12.0. The molecule has 9 nitrogen and oxygen atoms in total. The van der Waals surface area contributed by atoms with E-state index < -0.39 is 0 Å². The predicted octanol–water partition coefficient (Wildman–Crippen LogP) is 1.57. The summed E-state index contributed by atoms with van der Waals surface area (Å²) in [7, 11) is 0. The third-order valence-corrected chi connectivity index (χ3v) is 4.15. The van der Waals surface area contributed by atoms with E-state index in [2.05, 4.69) is 25.7 Å². The molecule has 2 N–H and O–H groups in total. The molecule has 0 saturated heterocycles. The molecule has 0 aliphatic carbocycles. The summed E-state index contributed by atoms with van der Waals surface area (Å²) in [4.78, 5) is 26.3. The Kier molecular flexibility index (Phi) is 4.38. The van der Waals surface area contributed by atoms with Gasteiger partial charge in [0.2, 0.25) is 11.7 Å². The molecule has 0 saturated carbocycles. The molecule has 0 aromatic carbocycles. The number of hydrogen-bond acceptors (Lipinski definition) is 7. The second-order valence-electron chi connectivity index (χ2n) is 5.51. The van der Waals surface area contributed by atoms with Crippen molar-refractivity contribution in [3.05, 3.63) is 33.9 Å². The van der Waals surface area contributed by atoms with Gasteiger partial charge in [0, 0.05) is 17.8 Å². The predicted molar refractivity (Wildman–Crippen MR) is 88.3 cm³/mol. The zero-order valence-electron chi connectivity index (χ0n) is 13.4. The van der Waals surface area contributed by atoms with E-state index in [0.29, 0.717) is 22.5 Å². The van der Waals surface area contributed by atoms with Gasteiger partial charge < -0.3 is 9.84 Å². The summed E-state index contributed by atoms with van der Waals surface area (Å²) in [6, 6.07) is 3.15. The highest BCUT2D eigenvalue weighted by Gasteiger charge is 2.15. The third kappa shape index (κ3) is 3.32. The number of carbonyl (C=O) groups is 1. The van der Waals surface area contributed by atoms with Gasteiger partial charge in [0.1, 0.15) is 5.76 Å². The zero-order chi connectivity index (χ0) is 17.3. The van der Waals surface area contributed by atoms with Gasteiger partial charge in [0.15, 0.2) is 11.0 Å². The number of aryl methyl sites for hydroxylation is 1. The number of thioether (sulfide) groups is 1. The highest BCUT2D eigenvalue weighted by molar-refractivity contribution is 7.99. The fourth-order valence-corrected chi connectivity index (χ4v) is 2.93. The first-order valence-corrected chi connectivity index (χ1v) is 8.27. The van der Waals surface area contributed by atoms with Crippen LogP contribution in [0.25, 0.3) is 5.78 Å². The molecule has 1 amide bonds. The lowest BCUT2D eigenvalue weighted by molar-refractivity contribution is -0.113. The number of aromatic amines is 1. The Hall–Kier alpha value is -2.62. The summed E-state index contributed by atoms with van der Waals surface area (Å²) in [6.07, 6.45) is 0. The van der Waals surface area contributed by atoms with Crippen molar-refractivity contribution >= 4 is 29.3 Å². The number of anilines is 1. The Bertz CT molecular complexity index is 942. The number of aromatic nitrogens is 5. The SMILES string of the molecule is Cc1cc(NC(=O)CSc2nnc3[nH]c(=O)cc(C(C)C)n23)no1. The lowest BCUT2D eigenvalue weighted by atomic mass is 10.1. The summed E-state index contributed by atoms with van der Waals surface area (Å²) < 4.78 is 6.65. The maximum atomic E-state index is 12.0. The summed E-state index contributed by atoms with van der Waals surface area (Å²) in [5.41, 5.74) is 0.558. The van der Waals surface area contributed by atoms with E-state index in [4.69, 9.17) is 4.52 Å². The minimum absolute atomic E-state index is 0.108. The van der Waals surface area contributed by atoms with Crippen molar-refractivity contribution in [2.45, 2.75) is 31.8 Å². The zero-order valence-corrected chi connectivity index (χ0v) is 14.2. The van der Waals surface area contributed by atoms with Gasteiger partial charge in [0.05, 0.1) is 5.75 Å². The molecule has 0 unspecified atom stereocenters. The lowest BCUT2D eigenvalue weighted by Crippen LogP contribution is -2.15. The summed E-state index contributed by atoms with van der Waals surface area (Å²) >= 11 is 1.23. The number of amides is 1. The average molecular weight is 348 g/mol. The van der Waals surface area contributed by atoms with Crippen LogP contribution in [0.4, 0.5) is 5.82 Å². The van der Waals surface area contributed by atoms with Gasteiger partial charge in [0.25, 0.3) is 5.56 Å². The van der Waals surface area contributed by atoms with E-state index in [1.807, 2.05) is 13.8 Å². The highest BCUT2D eigenvalue weighted by Crippen LogP contribution is 2.21. The van der Waals surface area contributed by atoms with Crippen LogP contribution in [0.15, 0.2) is 26.6 Å². The van der Waals surface area contributed by atoms with Crippen molar-refractivity contribution in [1.82, 2.24) is 24.7 Å². The molecule has 0 aliphatic rings. The molecule has 0 fully saturated rings. The van der Waals surface area contributed by atoms with E-state index in [-0.39, 0.29) is 23.1 Å². The average Bonchev–Trinajstić information content (AvgIpc) is 3.10. The van der Waals surface area contributed by atoms with Gasteiger partial charge >= 0.3 is 0 Å². The number of hydrogen-bond donors (Lipinski definition) is 2. The van der Waals surface area contributed by atoms with Gasteiger partial charge in [-0.1, -0.05) is 30.8 Å². The monoisotopic (exact) mass is 348 g/mol. The molecular formula is C14H16N6O3S. The first-order chi connectivity index (χ1) is 11.4. The van der Waals surface area contributed by atoms with Gasteiger partial charge in [-0.05, 0) is 12.8 Å². The van der Waals surface area contributed by atoms with Crippen molar-refractivity contribution in [3.63, 3.8) is 0 Å². The second kappa shape index (κ2) is 6.48. The molecule has 3 rings (SSSR count). The number of nitrogens with one attached hydrogen (secondary N) is 2. The molecule has 3 aromatic heterocycles. The van der Waals surface area contributed by atoms with Crippen LogP contribution in [-0.2, 0) is 4.79 Å². The van der Waals surface area contributed by atoms with E-state index in [9.17, 15) is 9.59 Å². The topological polar surface area (TPSA) is 118 Å². The summed E-state index contributed by atoms with van der Waals surface area (Å²) in [5.74, 6) is 1.35. The van der Waals surface area contributed by atoms with Gasteiger partial charge in [-0.2, -0.15) is 0 Å². The Balaban J connectivity index is 1.78. The molecule has 0 atom stereocenters. The van der Waals surface area contributed by atoms with Crippen molar-refractivity contribution in [3.8, 4) is 0 Å². The maximum Gasteiger partial charge on any atom is 0.252 e. The number of carbonyl (C=O) groups excluding carboxylic acids is 1. The second-order valence-corrected chi connectivity index (χ2v) is 6.46. The normalized spacial score (nSPS) is 11.3. The standard InChI is InChI=1S/C14H16N6O3S/c1-7(2)9-5-11(21)16-13-17-18-14(20(9)13)24-6-12(22)15-10-4-8(3)23-19-10/h4-5,7H,6H2,1-3H3,(H,15,19,22)(H,16,17,21). The van der Waals surface area contributed by atoms with Crippen molar-refractivity contribution in [2.75, 3.05) is 11.1 Å². The molecule has 0 radical (unpaired) electrons. The van der Waals surface area contributed by atoms with Crippen LogP contribution in [0.3, 0.4) is 0 Å². The number of nitrogens with zero attached hydrogens (tertiary/aromatic N) is 4. The van der Waals surface area contributed by atoms with Gasteiger partial charge in [-0.3, -0.25) is 19.0 Å². The first kappa shape index (κ1) is 16.2. The first-order valence-electron chi connectivity index (χ1n) is 7.28. The van der Waals surface area contributed by atoms with Crippen molar-refractivity contribution in [1.29, 1.82) is 0 Å². The number of rotatable bonds is 5. The van der Waals surface area contributed by atoms with Crippen LogP contribution >= 0.6 is 11.8 Å². The fourth-order valence-electron chi connectivity index (χ4n) is 2.18. The number of H-pyrrole nitrogens is 1. The Morgan fingerprint density at radius 3 is 2.88 bits per heavy atom. The molecule has 10 heteroatoms. The van der Waals surface area contributed by atoms with E-state index in [1.54, 1.807) is 17.4 Å². The number of fused-ring (bicyclic) bond motifs is 1. The Labute approximate surface area is 140 Å². The van der Waals surface area contributed by atoms with Crippen LogP contribution in [0.2, 0.25) is 0 Å².